The van der Waals surface area contributed by atoms with E-state index in [1.165, 1.54) is 32.1 Å². The number of carbonyl (C=O) groups excluding carboxylic acids is 1. The SMILES string of the molecule is CCCCC(CC)CCCC=O. The number of rotatable bonds is 8. The fraction of sp³-hybridized carbons (Fsp3) is 0.909. The Hall–Kier alpha value is -0.330. The summed E-state index contributed by atoms with van der Waals surface area (Å²) in [5.41, 5.74) is 0. The molecule has 12 heavy (non-hydrogen) atoms. The number of hydrogen-bond acceptors (Lipinski definition) is 1. The molecule has 72 valence electrons. The molecular formula is C11H22O. The van der Waals surface area contributed by atoms with Crippen LogP contribution in [0.5, 0.6) is 0 Å². The van der Waals surface area contributed by atoms with Gasteiger partial charge in [-0.15, -0.1) is 0 Å². The second-order valence-electron chi connectivity index (χ2n) is 3.51. The second kappa shape index (κ2) is 8.76. The maximum absolute atomic E-state index is 10.1. The molecule has 0 N–H and O–H groups in total. The average molecular weight is 170 g/mol. The summed E-state index contributed by atoms with van der Waals surface area (Å²) in [5.74, 6) is 0.866. The van der Waals surface area contributed by atoms with Crippen LogP contribution < -0.4 is 0 Å². The molecule has 0 aromatic heterocycles. The normalized spacial score (nSPS) is 12.8. The van der Waals surface area contributed by atoms with Gasteiger partial charge in [-0.2, -0.15) is 0 Å². The number of aldehydes is 1. The fourth-order valence-corrected chi connectivity index (χ4v) is 1.54. The van der Waals surface area contributed by atoms with Crippen LogP contribution in [0.2, 0.25) is 0 Å². The van der Waals surface area contributed by atoms with E-state index in [0.29, 0.717) is 0 Å². The lowest BCUT2D eigenvalue weighted by molar-refractivity contribution is -0.108. The van der Waals surface area contributed by atoms with Gasteiger partial charge in [0, 0.05) is 6.42 Å². The minimum absolute atomic E-state index is 0.753. The minimum atomic E-state index is 0.753. The van der Waals surface area contributed by atoms with E-state index in [-0.39, 0.29) is 0 Å². The van der Waals surface area contributed by atoms with Crippen molar-refractivity contribution in [3.05, 3.63) is 0 Å². The van der Waals surface area contributed by atoms with Crippen molar-refractivity contribution in [2.45, 2.75) is 58.8 Å². The molecule has 0 aliphatic carbocycles. The smallest absolute Gasteiger partial charge is 0.119 e. The zero-order valence-electron chi connectivity index (χ0n) is 8.51. The summed E-state index contributed by atoms with van der Waals surface area (Å²) in [6.45, 7) is 4.49. The largest absolute Gasteiger partial charge is 0.303 e. The van der Waals surface area contributed by atoms with Gasteiger partial charge in [-0.05, 0) is 12.3 Å². The Morgan fingerprint density at radius 3 is 2.33 bits per heavy atom. The fourth-order valence-electron chi connectivity index (χ4n) is 1.54. The highest BCUT2D eigenvalue weighted by Crippen LogP contribution is 2.18. The van der Waals surface area contributed by atoms with Crippen molar-refractivity contribution >= 4 is 6.29 Å². The Morgan fingerprint density at radius 2 is 1.83 bits per heavy atom. The summed E-state index contributed by atoms with van der Waals surface area (Å²) in [6.07, 6.45) is 9.39. The zero-order valence-corrected chi connectivity index (χ0v) is 8.51. The summed E-state index contributed by atoms with van der Waals surface area (Å²) in [4.78, 5) is 10.1. The molecule has 0 heterocycles. The van der Waals surface area contributed by atoms with E-state index in [2.05, 4.69) is 13.8 Å². The lowest BCUT2D eigenvalue weighted by Crippen LogP contribution is -1.98. The predicted molar refractivity (Wildman–Crippen MR) is 53.2 cm³/mol. The molecule has 0 aromatic carbocycles. The highest BCUT2D eigenvalue weighted by atomic mass is 16.1. The highest BCUT2D eigenvalue weighted by molar-refractivity contribution is 5.48. The summed E-state index contributed by atoms with van der Waals surface area (Å²) < 4.78 is 0. The van der Waals surface area contributed by atoms with E-state index in [1.54, 1.807) is 0 Å². The first-order valence-corrected chi connectivity index (χ1v) is 5.28. The van der Waals surface area contributed by atoms with E-state index in [4.69, 9.17) is 0 Å². The first-order chi connectivity index (χ1) is 5.85. The van der Waals surface area contributed by atoms with Crippen LogP contribution in [0, 0.1) is 5.92 Å². The lowest BCUT2D eigenvalue weighted by atomic mass is 9.94. The van der Waals surface area contributed by atoms with Gasteiger partial charge in [-0.1, -0.05) is 46.0 Å². The lowest BCUT2D eigenvalue weighted by Gasteiger charge is -2.12. The molecular weight excluding hydrogens is 148 g/mol. The Labute approximate surface area is 76.6 Å². The summed E-state index contributed by atoms with van der Waals surface area (Å²) in [7, 11) is 0. The van der Waals surface area contributed by atoms with Crippen molar-refractivity contribution in [3.8, 4) is 0 Å². The Balaban J connectivity index is 3.32. The maximum Gasteiger partial charge on any atom is 0.119 e. The van der Waals surface area contributed by atoms with Crippen LogP contribution in [0.1, 0.15) is 58.8 Å². The molecule has 1 nitrogen and oxygen atoms in total. The molecule has 0 spiro atoms. The van der Waals surface area contributed by atoms with Crippen LogP contribution in [0.3, 0.4) is 0 Å². The topological polar surface area (TPSA) is 17.1 Å². The van der Waals surface area contributed by atoms with Crippen molar-refractivity contribution in [1.82, 2.24) is 0 Å². The summed E-state index contributed by atoms with van der Waals surface area (Å²) in [5, 5.41) is 0. The van der Waals surface area contributed by atoms with Gasteiger partial charge in [-0.3, -0.25) is 0 Å². The van der Waals surface area contributed by atoms with Crippen LogP contribution in [0.15, 0.2) is 0 Å². The molecule has 0 saturated carbocycles. The van der Waals surface area contributed by atoms with E-state index in [9.17, 15) is 4.79 Å². The van der Waals surface area contributed by atoms with Crippen molar-refractivity contribution < 1.29 is 4.79 Å². The molecule has 0 amide bonds. The maximum atomic E-state index is 10.1. The third kappa shape index (κ3) is 6.38. The first kappa shape index (κ1) is 11.7. The quantitative estimate of drug-likeness (QED) is 0.402. The average Bonchev–Trinajstić information content (AvgIpc) is 2.11. The van der Waals surface area contributed by atoms with E-state index >= 15 is 0 Å². The molecule has 0 aliphatic heterocycles. The van der Waals surface area contributed by atoms with E-state index in [0.717, 1.165) is 25.0 Å². The Kier molecular flexibility index (Phi) is 8.52. The monoisotopic (exact) mass is 170 g/mol. The van der Waals surface area contributed by atoms with Gasteiger partial charge in [0.05, 0.1) is 0 Å². The van der Waals surface area contributed by atoms with Gasteiger partial charge in [0.25, 0.3) is 0 Å². The molecule has 1 unspecified atom stereocenters. The number of unbranched alkanes of at least 4 members (excludes halogenated alkanes) is 2. The van der Waals surface area contributed by atoms with Crippen molar-refractivity contribution in [2.24, 2.45) is 5.92 Å². The van der Waals surface area contributed by atoms with Crippen LogP contribution in [-0.2, 0) is 4.79 Å². The molecule has 0 fully saturated rings. The van der Waals surface area contributed by atoms with Crippen LogP contribution in [0.4, 0.5) is 0 Å². The minimum Gasteiger partial charge on any atom is -0.303 e. The van der Waals surface area contributed by atoms with Crippen molar-refractivity contribution in [2.75, 3.05) is 0 Å². The Bertz CT molecular complexity index is 99.2. The van der Waals surface area contributed by atoms with Crippen LogP contribution in [-0.4, -0.2) is 6.29 Å². The predicted octanol–water partition coefficient (Wildman–Crippen LogP) is 3.57. The molecule has 0 aromatic rings. The third-order valence-electron chi connectivity index (χ3n) is 2.48. The second-order valence-corrected chi connectivity index (χ2v) is 3.51. The Morgan fingerprint density at radius 1 is 1.17 bits per heavy atom. The number of carbonyl (C=O) groups is 1. The standard InChI is InChI=1S/C11H22O/c1-3-5-8-11(4-2)9-6-7-10-12/h10-11H,3-9H2,1-2H3. The first-order valence-electron chi connectivity index (χ1n) is 5.28. The van der Waals surface area contributed by atoms with E-state index < -0.39 is 0 Å². The molecule has 0 radical (unpaired) electrons. The van der Waals surface area contributed by atoms with Crippen molar-refractivity contribution in [1.29, 1.82) is 0 Å². The molecule has 1 atom stereocenters. The molecule has 1 heteroatoms. The zero-order chi connectivity index (χ0) is 9.23. The van der Waals surface area contributed by atoms with Gasteiger partial charge >= 0.3 is 0 Å². The van der Waals surface area contributed by atoms with Gasteiger partial charge in [-0.25, -0.2) is 0 Å². The molecule has 0 aliphatic rings. The van der Waals surface area contributed by atoms with Crippen LogP contribution in [0.25, 0.3) is 0 Å². The highest BCUT2D eigenvalue weighted by Gasteiger charge is 2.04. The van der Waals surface area contributed by atoms with Gasteiger partial charge in [0.2, 0.25) is 0 Å². The van der Waals surface area contributed by atoms with Gasteiger partial charge in [0.1, 0.15) is 6.29 Å². The molecule has 0 saturated heterocycles. The third-order valence-corrected chi connectivity index (χ3v) is 2.48. The summed E-state index contributed by atoms with van der Waals surface area (Å²) in [6, 6.07) is 0. The summed E-state index contributed by atoms with van der Waals surface area (Å²) >= 11 is 0. The van der Waals surface area contributed by atoms with Gasteiger partial charge in [0.15, 0.2) is 0 Å². The van der Waals surface area contributed by atoms with Crippen LogP contribution >= 0.6 is 0 Å². The van der Waals surface area contributed by atoms with Crippen molar-refractivity contribution in [3.63, 3.8) is 0 Å². The number of hydrogen-bond donors (Lipinski definition) is 0. The molecule has 0 rings (SSSR count). The van der Waals surface area contributed by atoms with Gasteiger partial charge < -0.3 is 4.79 Å². The molecule has 0 bridgehead atoms. The van der Waals surface area contributed by atoms with E-state index in [1.807, 2.05) is 0 Å².